The molecule has 0 saturated carbocycles. The molecule has 1 N–H and O–H groups in total. The molecule has 1 saturated heterocycles. The van der Waals surface area contributed by atoms with E-state index in [0.717, 1.165) is 37.8 Å². The first-order chi connectivity index (χ1) is 8.31. The van der Waals surface area contributed by atoms with E-state index in [-0.39, 0.29) is 0 Å². The fourth-order valence-electron chi connectivity index (χ4n) is 2.22. The van der Waals surface area contributed by atoms with Gasteiger partial charge in [-0.3, -0.25) is 9.88 Å². The summed E-state index contributed by atoms with van der Waals surface area (Å²) in [7, 11) is 3.62. The summed E-state index contributed by atoms with van der Waals surface area (Å²) in [5.74, 6) is 1.48. The minimum atomic E-state index is 0.671. The second-order valence-electron chi connectivity index (χ2n) is 4.49. The van der Waals surface area contributed by atoms with E-state index in [0.29, 0.717) is 5.92 Å². The number of nitrogens with one attached hydrogen (secondary N) is 1. The quantitative estimate of drug-likeness (QED) is 0.826. The van der Waals surface area contributed by atoms with Crippen molar-refractivity contribution in [1.29, 1.82) is 0 Å². The summed E-state index contributed by atoms with van der Waals surface area (Å²) >= 11 is 0. The van der Waals surface area contributed by atoms with Crippen LogP contribution in [-0.2, 0) is 11.3 Å². The molecule has 0 spiro atoms. The van der Waals surface area contributed by atoms with Crippen molar-refractivity contribution in [3.05, 3.63) is 18.1 Å². The topological polar surface area (TPSA) is 50.3 Å². The van der Waals surface area contributed by atoms with Crippen LogP contribution in [0.2, 0.25) is 0 Å². The van der Waals surface area contributed by atoms with Gasteiger partial charge in [-0.05, 0) is 18.9 Å². The summed E-state index contributed by atoms with van der Waals surface area (Å²) in [4.78, 5) is 11.1. The van der Waals surface area contributed by atoms with E-state index in [2.05, 4.69) is 20.2 Å². The highest BCUT2D eigenvalue weighted by atomic mass is 16.5. The van der Waals surface area contributed by atoms with Gasteiger partial charge in [-0.15, -0.1) is 0 Å². The summed E-state index contributed by atoms with van der Waals surface area (Å²) in [5.41, 5.74) is 1.03. The van der Waals surface area contributed by atoms with E-state index < -0.39 is 0 Å². The van der Waals surface area contributed by atoms with E-state index >= 15 is 0 Å². The summed E-state index contributed by atoms with van der Waals surface area (Å²) in [5, 5.41) is 2.97. The van der Waals surface area contributed by atoms with Crippen molar-refractivity contribution >= 4 is 5.82 Å². The van der Waals surface area contributed by atoms with Gasteiger partial charge in [0.05, 0.1) is 24.7 Å². The predicted octanol–water partition coefficient (Wildman–Crippen LogP) is 0.987. The molecule has 1 atom stereocenters. The molecule has 2 rings (SSSR count). The maximum absolute atomic E-state index is 5.19. The van der Waals surface area contributed by atoms with Crippen LogP contribution in [0.1, 0.15) is 12.1 Å². The molecule has 0 aromatic carbocycles. The molecule has 1 fully saturated rings. The van der Waals surface area contributed by atoms with Crippen LogP contribution in [0, 0.1) is 5.92 Å². The summed E-state index contributed by atoms with van der Waals surface area (Å²) in [6, 6.07) is 0. The Morgan fingerprint density at radius 3 is 3.00 bits per heavy atom. The van der Waals surface area contributed by atoms with Crippen LogP contribution in [-0.4, -0.2) is 48.7 Å². The second kappa shape index (κ2) is 5.93. The molecular weight excluding hydrogens is 216 g/mol. The third-order valence-corrected chi connectivity index (χ3v) is 3.12. The number of likely N-dealkylation sites (tertiary alicyclic amines) is 1. The smallest absolute Gasteiger partial charge is 0.144 e. The van der Waals surface area contributed by atoms with Gasteiger partial charge in [0, 0.05) is 27.2 Å². The van der Waals surface area contributed by atoms with Crippen molar-refractivity contribution in [2.75, 3.05) is 39.2 Å². The molecule has 1 aliphatic rings. The molecule has 17 heavy (non-hydrogen) atoms. The summed E-state index contributed by atoms with van der Waals surface area (Å²) < 4.78 is 5.19. The highest BCUT2D eigenvalue weighted by Crippen LogP contribution is 2.18. The number of nitrogens with zero attached hydrogens (tertiary/aromatic N) is 3. The van der Waals surface area contributed by atoms with Gasteiger partial charge in [0.1, 0.15) is 5.82 Å². The third kappa shape index (κ3) is 3.38. The Morgan fingerprint density at radius 1 is 1.47 bits per heavy atom. The highest BCUT2D eigenvalue weighted by molar-refractivity contribution is 5.29. The lowest BCUT2D eigenvalue weighted by Crippen LogP contribution is -2.22. The summed E-state index contributed by atoms with van der Waals surface area (Å²) in [6.45, 7) is 3.98. The van der Waals surface area contributed by atoms with Crippen molar-refractivity contribution in [3.63, 3.8) is 0 Å². The van der Waals surface area contributed by atoms with Gasteiger partial charge in [0.2, 0.25) is 0 Å². The van der Waals surface area contributed by atoms with Crippen LogP contribution in [0.25, 0.3) is 0 Å². The van der Waals surface area contributed by atoms with Gasteiger partial charge >= 0.3 is 0 Å². The molecule has 1 aliphatic heterocycles. The third-order valence-electron chi connectivity index (χ3n) is 3.12. The Balaban J connectivity index is 1.84. The van der Waals surface area contributed by atoms with Gasteiger partial charge in [0.25, 0.3) is 0 Å². The molecular formula is C12H20N4O. The average Bonchev–Trinajstić information content (AvgIpc) is 2.78. The van der Waals surface area contributed by atoms with E-state index in [1.807, 2.05) is 13.2 Å². The van der Waals surface area contributed by atoms with Crippen LogP contribution >= 0.6 is 0 Å². The predicted molar refractivity (Wildman–Crippen MR) is 66.8 cm³/mol. The first-order valence-corrected chi connectivity index (χ1v) is 6.01. The molecule has 94 valence electrons. The largest absolute Gasteiger partial charge is 0.384 e. The molecule has 1 aromatic rings. The molecule has 0 bridgehead atoms. The fourth-order valence-corrected chi connectivity index (χ4v) is 2.22. The molecule has 1 aromatic heterocycles. The van der Waals surface area contributed by atoms with E-state index in [1.54, 1.807) is 13.3 Å². The van der Waals surface area contributed by atoms with Crippen LogP contribution in [0.3, 0.4) is 0 Å². The normalized spacial score (nSPS) is 20.7. The minimum Gasteiger partial charge on any atom is -0.384 e. The van der Waals surface area contributed by atoms with Crippen molar-refractivity contribution in [2.45, 2.75) is 13.0 Å². The monoisotopic (exact) mass is 236 g/mol. The number of ether oxygens (including phenoxy) is 1. The SMILES string of the molecule is CNc1cnc(CN2CCC(COC)C2)cn1. The molecule has 0 amide bonds. The number of methoxy groups -OCH3 is 1. The molecule has 0 aliphatic carbocycles. The number of hydrogen-bond donors (Lipinski definition) is 1. The molecule has 1 unspecified atom stereocenters. The van der Waals surface area contributed by atoms with Crippen LogP contribution in [0.4, 0.5) is 5.82 Å². The lowest BCUT2D eigenvalue weighted by Gasteiger charge is -2.15. The van der Waals surface area contributed by atoms with Gasteiger partial charge in [-0.1, -0.05) is 0 Å². The second-order valence-corrected chi connectivity index (χ2v) is 4.49. The Labute approximate surface area is 102 Å². The molecule has 5 heteroatoms. The molecule has 2 heterocycles. The Hall–Kier alpha value is -1.20. The van der Waals surface area contributed by atoms with E-state index in [9.17, 15) is 0 Å². The van der Waals surface area contributed by atoms with Crippen LogP contribution in [0.5, 0.6) is 0 Å². The van der Waals surface area contributed by atoms with Gasteiger partial charge in [-0.2, -0.15) is 0 Å². The van der Waals surface area contributed by atoms with Crippen molar-refractivity contribution in [2.24, 2.45) is 5.92 Å². The van der Waals surface area contributed by atoms with Crippen molar-refractivity contribution in [3.8, 4) is 0 Å². The van der Waals surface area contributed by atoms with Gasteiger partial charge < -0.3 is 10.1 Å². The Bertz CT molecular complexity index is 341. The first-order valence-electron chi connectivity index (χ1n) is 6.01. The average molecular weight is 236 g/mol. The van der Waals surface area contributed by atoms with Crippen molar-refractivity contribution < 1.29 is 4.74 Å². The zero-order valence-corrected chi connectivity index (χ0v) is 10.5. The van der Waals surface area contributed by atoms with Gasteiger partial charge in [-0.25, -0.2) is 4.98 Å². The Kier molecular flexibility index (Phi) is 4.28. The highest BCUT2D eigenvalue weighted by Gasteiger charge is 2.22. The standard InChI is InChI=1S/C12H20N4O/c1-13-12-6-14-11(5-15-12)8-16-4-3-10(7-16)9-17-2/h5-6,10H,3-4,7-9H2,1-2H3,(H,13,15). The van der Waals surface area contributed by atoms with Crippen LogP contribution in [0.15, 0.2) is 12.4 Å². The van der Waals surface area contributed by atoms with Crippen molar-refractivity contribution in [1.82, 2.24) is 14.9 Å². The van der Waals surface area contributed by atoms with Gasteiger partial charge in [0.15, 0.2) is 0 Å². The van der Waals surface area contributed by atoms with E-state index in [1.165, 1.54) is 6.42 Å². The number of anilines is 1. The molecule has 0 radical (unpaired) electrons. The van der Waals surface area contributed by atoms with E-state index in [4.69, 9.17) is 4.74 Å². The maximum Gasteiger partial charge on any atom is 0.144 e. The fraction of sp³-hybridized carbons (Fsp3) is 0.667. The van der Waals surface area contributed by atoms with Crippen LogP contribution < -0.4 is 5.32 Å². The zero-order chi connectivity index (χ0) is 12.1. The number of aromatic nitrogens is 2. The summed E-state index contributed by atoms with van der Waals surface area (Å²) in [6.07, 6.45) is 4.84. The lowest BCUT2D eigenvalue weighted by atomic mass is 10.1. The first kappa shape index (κ1) is 12.3. The minimum absolute atomic E-state index is 0.671. The maximum atomic E-state index is 5.19. The zero-order valence-electron chi connectivity index (χ0n) is 10.5. The number of rotatable bonds is 5. The lowest BCUT2D eigenvalue weighted by molar-refractivity contribution is 0.152. The number of hydrogen-bond acceptors (Lipinski definition) is 5. The molecule has 5 nitrogen and oxygen atoms in total. The Morgan fingerprint density at radius 2 is 2.35 bits per heavy atom.